The molecule has 21 heavy (non-hydrogen) atoms. The number of nitrogens with one attached hydrogen (secondary N) is 1. The number of carbonyl (C=O) groups is 1. The minimum atomic E-state index is -0.0109. The Balaban J connectivity index is 2.55. The van der Waals surface area contributed by atoms with Crippen LogP contribution in [-0.2, 0) is 11.3 Å². The number of ether oxygens (including phenoxy) is 1. The van der Waals surface area contributed by atoms with Crippen LogP contribution in [0.3, 0.4) is 0 Å². The monoisotopic (exact) mass is 292 g/mol. The fraction of sp³-hybridized carbons (Fsp3) is 0.588. The molecule has 0 heterocycles. The molecule has 0 atom stereocenters. The molecule has 1 aromatic carbocycles. The van der Waals surface area contributed by atoms with Gasteiger partial charge in [0.25, 0.3) is 5.91 Å². The molecule has 118 valence electrons. The molecule has 1 N–H and O–H groups in total. The Morgan fingerprint density at radius 1 is 1.33 bits per heavy atom. The summed E-state index contributed by atoms with van der Waals surface area (Å²) >= 11 is 0. The van der Waals surface area contributed by atoms with E-state index >= 15 is 0 Å². The highest BCUT2D eigenvalue weighted by molar-refractivity contribution is 5.77. The standard InChI is InChI=1S/C17H28N2O2/c1-13(2)19(6)16(20)12-21-15-9-7-8-14(10-15)11-18-17(3,4)5/h7-10,13,18H,11-12H2,1-6H3. The summed E-state index contributed by atoms with van der Waals surface area (Å²) in [7, 11) is 1.79. The van der Waals surface area contributed by atoms with E-state index < -0.39 is 0 Å². The minimum absolute atomic E-state index is 0.0109. The van der Waals surface area contributed by atoms with Crippen molar-refractivity contribution in [3.8, 4) is 5.75 Å². The number of rotatable bonds is 6. The fourth-order valence-corrected chi connectivity index (χ4v) is 1.65. The highest BCUT2D eigenvalue weighted by atomic mass is 16.5. The number of benzene rings is 1. The Kier molecular flexibility index (Phi) is 6.21. The third-order valence-corrected chi connectivity index (χ3v) is 3.25. The van der Waals surface area contributed by atoms with Crippen LogP contribution >= 0.6 is 0 Å². The molecule has 1 rings (SSSR count). The molecule has 0 saturated carbocycles. The minimum Gasteiger partial charge on any atom is -0.484 e. The van der Waals surface area contributed by atoms with E-state index in [1.54, 1.807) is 11.9 Å². The van der Waals surface area contributed by atoms with Gasteiger partial charge in [0.2, 0.25) is 0 Å². The van der Waals surface area contributed by atoms with Crippen LogP contribution in [0.1, 0.15) is 40.2 Å². The molecular weight excluding hydrogens is 264 g/mol. The summed E-state index contributed by atoms with van der Waals surface area (Å²) in [4.78, 5) is 13.6. The summed E-state index contributed by atoms with van der Waals surface area (Å²) in [5.41, 5.74) is 1.22. The van der Waals surface area contributed by atoms with Crippen LogP contribution in [-0.4, -0.2) is 36.0 Å². The fourth-order valence-electron chi connectivity index (χ4n) is 1.65. The van der Waals surface area contributed by atoms with Crippen molar-refractivity contribution in [2.45, 2.75) is 52.7 Å². The molecule has 0 radical (unpaired) electrons. The second-order valence-corrected chi connectivity index (χ2v) is 6.64. The molecule has 4 nitrogen and oxygen atoms in total. The van der Waals surface area contributed by atoms with Gasteiger partial charge < -0.3 is 15.0 Å². The smallest absolute Gasteiger partial charge is 0.260 e. The van der Waals surface area contributed by atoms with Crippen molar-refractivity contribution in [2.24, 2.45) is 0 Å². The molecule has 0 bridgehead atoms. The molecular formula is C17H28N2O2. The predicted octanol–water partition coefficient (Wildman–Crippen LogP) is 2.82. The van der Waals surface area contributed by atoms with Gasteiger partial charge in [-0.25, -0.2) is 0 Å². The lowest BCUT2D eigenvalue weighted by Crippen LogP contribution is -2.36. The molecule has 1 aromatic rings. The largest absolute Gasteiger partial charge is 0.484 e. The molecule has 1 amide bonds. The van der Waals surface area contributed by atoms with Gasteiger partial charge in [0.05, 0.1) is 0 Å². The number of nitrogens with zero attached hydrogens (tertiary/aromatic N) is 1. The number of hydrogen-bond acceptors (Lipinski definition) is 3. The Labute approximate surface area is 128 Å². The SMILES string of the molecule is CC(C)N(C)C(=O)COc1cccc(CNC(C)(C)C)c1. The highest BCUT2D eigenvalue weighted by Crippen LogP contribution is 2.14. The molecule has 0 unspecified atom stereocenters. The molecule has 0 aliphatic rings. The van der Waals surface area contributed by atoms with Crippen molar-refractivity contribution in [2.75, 3.05) is 13.7 Å². The van der Waals surface area contributed by atoms with Crippen molar-refractivity contribution in [3.63, 3.8) is 0 Å². The lowest BCUT2D eigenvalue weighted by molar-refractivity contribution is -0.133. The summed E-state index contributed by atoms with van der Waals surface area (Å²) in [6, 6.07) is 8.03. The molecule has 0 aromatic heterocycles. The Morgan fingerprint density at radius 3 is 2.57 bits per heavy atom. The maximum atomic E-state index is 11.9. The first-order chi connectivity index (χ1) is 9.69. The van der Waals surface area contributed by atoms with Gasteiger partial charge in [-0.15, -0.1) is 0 Å². The molecule has 0 saturated heterocycles. The number of carbonyl (C=O) groups excluding carboxylic acids is 1. The topological polar surface area (TPSA) is 41.6 Å². The third-order valence-electron chi connectivity index (χ3n) is 3.25. The van der Waals surface area contributed by atoms with Crippen LogP contribution in [0.5, 0.6) is 5.75 Å². The lowest BCUT2D eigenvalue weighted by Gasteiger charge is -2.22. The summed E-state index contributed by atoms with van der Waals surface area (Å²) in [5, 5.41) is 3.43. The Bertz CT molecular complexity index is 464. The van der Waals surface area contributed by atoms with Crippen LogP contribution < -0.4 is 10.1 Å². The van der Waals surface area contributed by atoms with E-state index in [0.717, 1.165) is 17.9 Å². The quantitative estimate of drug-likeness (QED) is 0.876. The summed E-state index contributed by atoms with van der Waals surface area (Å²) < 4.78 is 5.59. The number of amides is 1. The van der Waals surface area contributed by atoms with Crippen LogP contribution in [0.4, 0.5) is 0 Å². The van der Waals surface area contributed by atoms with Gasteiger partial charge in [-0.3, -0.25) is 4.79 Å². The summed E-state index contributed by atoms with van der Waals surface area (Å²) in [6.07, 6.45) is 0. The second-order valence-electron chi connectivity index (χ2n) is 6.64. The zero-order valence-electron chi connectivity index (χ0n) is 14.1. The second kappa shape index (κ2) is 7.46. The van der Waals surface area contributed by atoms with Crippen molar-refractivity contribution in [1.82, 2.24) is 10.2 Å². The molecule has 0 aliphatic carbocycles. The average Bonchev–Trinajstić information content (AvgIpc) is 2.41. The van der Waals surface area contributed by atoms with Gasteiger partial charge in [-0.05, 0) is 52.3 Å². The number of hydrogen-bond donors (Lipinski definition) is 1. The van der Waals surface area contributed by atoms with E-state index in [0.29, 0.717) is 0 Å². The molecule has 0 spiro atoms. The van der Waals surface area contributed by atoms with Crippen LogP contribution in [0.25, 0.3) is 0 Å². The molecule has 0 aliphatic heterocycles. The lowest BCUT2D eigenvalue weighted by atomic mass is 10.1. The van der Waals surface area contributed by atoms with E-state index in [-0.39, 0.29) is 24.1 Å². The molecule has 4 heteroatoms. The van der Waals surface area contributed by atoms with E-state index in [1.165, 1.54) is 0 Å². The Hall–Kier alpha value is -1.55. The van der Waals surface area contributed by atoms with Crippen LogP contribution in [0, 0.1) is 0 Å². The van der Waals surface area contributed by atoms with E-state index in [4.69, 9.17) is 4.74 Å². The first-order valence-corrected chi connectivity index (χ1v) is 7.41. The van der Waals surface area contributed by atoms with Crippen molar-refractivity contribution < 1.29 is 9.53 Å². The van der Waals surface area contributed by atoms with Crippen LogP contribution in [0.2, 0.25) is 0 Å². The van der Waals surface area contributed by atoms with Gasteiger partial charge in [0.1, 0.15) is 5.75 Å². The highest BCUT2D eigenvalue weighted by Gasteiger charge is 2.13. The number of likely N-dealkylation sites (N-methyl/N-ethyl adjacent to an activating group) is 1. The zero-order valence-corrected chi connectivity index (χ0v) is 14.1. The maximum absolute atomic E-state index is 11.9. The summed E-state index contributed by atoms with van der Waals surface area (Å²) in [5.74, 6) is 0.719. The van der Waals surface area contributed by atoms with Crippen molar-refractivity contribution >= 4 is 5.91 Å². The van der Waals surface area contributed by atoms with Crippen molar-refractivity contribution in [3.05, 3.63) is 29.8 Å². The van der Waals surface area contributed by atoms with Gasteiger partial charge in [0, 0.05) is 25.2 Å². The zero-order chi connectivity index (χ0) is 16.0. The van der Waals surface area contributed by atoms with Gasteiger partial charge in [-0.1, -0.05) is 12.1 Å². The van der Waals surface area contributed by atoms with Gasteiger partial charge in [-0.2, -0.15) is 0 Å². The predicted molar refractivity (Wildman–Crippen MR) is 86.4 cm³/mol. The normalized spacial score (nSPS) is 11.6. The first kappa shape index (κ1) is 17.5. The van der Waals surface area contributed by atoms with E-state index in [9.17, 15) is 4.79 Å². The van der Waals surface area contributed by atoms with E-state index in [1.807, 2.05) is 38.1 Å². The Morgan fingerprint density at radius 2 is 2.00 bits per heavy atom. The average molecular weight is 292 g/mol. The maximum Gasteiger partial charge on any atom is 0.260 e. The summed E-state index contributed by atoms with van der Waals surface area (Å²) in [6.45, 7) is 11.2. The van der Waals surface area contributed by atoms with E-state index in [2.05, 4.69) is 26.1 Å². The molecule has 0 fully saturated rings. The third kappa shape index (κ3) is 6.63. The van der Waals surface area contributed by atoms with Crippen molar-refractivity contribution in [1.29, 1.82) is 0 Å². The van der Waals surface area contributed by atoms with Gasteiger partial charge in [0.15, 0.2) is 6.61 Å². The first-order valence-electron chi connectivity index (χ1n) is 7.41. The van der Waals surface area contributed by atoms with Crippen LogP contribution in [0.15, 0.2) is 24.3 Å². The van der Waals surface area contributed by atoms with Gasteiger partial charge >= 0.3 is 0 Å².